The van der Waals surface area contributed by atoms with Gasteiger partial charge in [-0.2, -0.15) is 0 Å². The molecule has 0 spiro atoms. The first-order valence-electron chi connectivity index (χ1n) is 7.86. The highest BCUT2D eigenvalue weighted by Crippen LogP contribution is 2.36. The van der Waals surface area contributed by atoms with Crippen molar-refractivity contribution < 1.29 is 0 Å². The summed E-state index contributed by atoms with van der Waals surface area (Å²) in [5, 5.41) is 4.70. The minimum Gasteiger partial charge on any atom is -0.315 e. The lowest BCUT2D eigenvalue weighted by Crippen LogP contribution is -2.06. The highest BCUT2D eigenvalue weighted by atomic mass is 32.1. The summed E-state index contributed by atoms with van der Waals surface area (Å²) in [5.74, 6) is 1.27. The van der Waals surface area contributed by atoms with E-state index in [2.05, 4.69) is 19.2 Å². The summed E-state index contributed by atoms with van der Waals surface area (Å²) in [6.07, 6.45) is 9.76. The Kier molecular flexibility index (Phi) is 5.83. The number of hydrogen-bond donors (Lipinski definition) is 1. The molecule has 3 heteroatoms. The van der Waals surface area contributed by atoms with E-state index in [0.717, 1.165) is 12.5 Å². The molecule has 1 aliphatic carbocycles. The molecular weight excluding hydrogens is 252 g/mol. The Morgan fingerprint density at radius 3 is 2.37 bits per heavy atom. The van der Waals surface area contributed by atoms with E-state index in [1.54, 1.807) is 0 Å². The largest absolute Gasteiger partial charge is 0.315 e. The van der Waals surface area contributed by atoms with E-state index in [4.69, 9.17) is 4.98 Å². The number of rotatable bonds is 4. The van der Waals surface area contributed by atoms with Gasteiger partial charge in [-0.05, 0) is 25.8 Å². The van der Waals surface area contributed by atoms with Crippen molar-refractivity contribution in [3.05, 3.63) is 15.6 Å². The second kappa shape index (κ2) is 7.39. The van der Waals surface area contributed by atoms with Crippen LogP contribution in [-0.2, 0) is 6.54 Å². The van der Waals surface area contributed by atoms with Gasteiger partial charge in [0, 0.05) is 17.3 Å². The summed E-state index contributed by atoms with van der Waals surface area (Å²) in [7, 11) is 2.03. The van der Waals surface area contributed by atoms with Crippen LogP contribution in [0.4, 0.5) is 0 Å². The third-order valence-electron chi connectivity index (χ3n) is 4.08. The van der Waals surface area contributed by atoms with Gasteiger partial charge in [-0.25, -0.2) is 4.98 Å². The topological polar surface area (TPSA) is 24.9 Å². The number of thiazole rings is 1. The quantitative estimate of drug-likeness (QED) is 0.855. The Bertz CT molecular complexity index is 376. The van der Waals surface area contributed by atoms with Crippen LogP contribution in [-0.4, -0.2) is 12.0 Å². The number of nitrogens with one attached hydrogen (secondary N) is 1. The van der Waals surface area contributed by atoms with Gasteiger partial charge in [-0.3, -0.25) is 0 Å². The maximum atomic E-state index is 5.00. The molecule has 1 aliphatic rings. The summed E-state index contributed by atoms with van der Waals surface area (Å²) in [5.41, 5.74) is 1.33. The van der Waals surface area contributed by atoms with Gasteiger partial charge >= 0.3 is 0 Å². The molecule has 2 rings (SSSR count). The van der Waals surface area contributed by atoms with Crippen molar-refractivity contribution in [3.8, 4) is 0 Å². The molecule has 0 radical (unpaired) electrons. The molecule has 1 saturated carbocycles. The average molecular weight is 280 g/mol. The van der Waals surface area contributed by atoms with Gasteiger partial charge in [0.1, 0.15) is 0 Å². The van der Waals surface area contributed by atoms with Gasteiger partial charge in [-0.15, -0.1) is 11.3 Å². The maximum absolute atomic E-state index is 5.00. The predicted octanol–water partition coefficient (Wildman–Crippen LogP) is 4.81. The van der Waals surface area contributed by atoms with Crippen LogP contribution in [0.25, 0.3) is 0 Å². The monoisotopic (exact) mass is 280 g/mol. The SMILES string of the molecule is CNCc1sc(C2CCCCCCC2)nc1C(C)C. The molecule has 0 unspecified atom stereocenters. The summed E-state index contributed by atoms with van der Waals surface area (Å²) in [6.45, 7) is 5.49. The van der Waals surface area contributed by atoms with Gasteiger partial charge in [0.25, 0.3) is 0 Å². The number of aromatic nitrogens is 1. The lowest BCUT2D eigenvalue weighted by molar-refractivity contribution is 0.454. The third-order valence-corrected chi connectivity index (χ3v) is 5.32. The normalized spacial score (nSPS) is 18.5. The smallest absolute Gasteiger partial charge is 0.0962 e. The van der Waals surface area contributed by atoms with Crippen LogP contribution < -0.4 is 5.32 Å². The van der Waals surface area contributed by atoms with Crippen LogP contribution >= 0.6 is 11.3 Å². The number of hydrogen-bond acceptors (Lipinski definition) is 3. The first-order chi connectivity index (χ1) is 9.22. The van der Waals surface area contributed by atoms with Gasteiger partial charge < -0.3 is 5.32 Å². The second-order valence-corrected chi connectivity index (χ2v) is 7.20. The summed E-state index contributed by atoms with van der Waals surface area (Å²) in [4.78, 5) is 6.46. The van der Waals surface area contributed by atoms with E-state index in [9.17, 15) is 0 Å². The van der Waals surface area contributed by atoms with Crippen LogP contribution in [0.2, 0.25) is 0 Å². The Morgan fingerprint density at radius 1 is 1.16 bits per heavy atom. The maximum Gasteiger partial charge on any atom is 0.0962 e. The van der Waals surface area contributed by atoms with E-state index in [1.807, 2.05) is 18.4 Å². The molecule has 108 valence electrons. The molecule has 2 nitrogen and oxygen atoms in total. The van der Waals surface area contributed by atoms with Gasteiger partial charge in [0.2, 0.25) is 0 Å². The molecule has 1 heterocycles. The molecule has 1 aromatic heterocycles. The molecule has 0 atom stereocenters. The fraction of sp³-hybridized carbons (Fsp3) is 0.812. The van der Waals surface area contributed by atoms with E-state index in [1.165, 1.54) is 60.5 Å². The van der Waals surface area contributed by atoms with Crippen molar-refractivity contribution in [3.63, 3.8) is 0 Å². The zero-order valence-electron chi connectivity index (χ0n) is 12.7. The lowest BCUT2D eigenvalue weighted by atomic mass is 9.91. The van der Waals surface area contributed by atoms with Crippen molar-refractivity contribution in [2.45, 2.75) is 77.2 Å². The molecule has 1 aromatic rings. The van der Waals surface area contributed by atoms with E-state index >= 15 is 0 Å². The fourth-order valence-electron chi connectivity index (χ4n) is 3.00. The number of nitrogens with zero attached hydrogens (tertiary/aromatic N) is 1. The summed E-state index contributed by atoms with van der Waals surface area (Å²) in [6, 6.07) is 0. The van der Waals surface area contributed by atoms with Gasteiger partial charge in [0.05, 0.1) is 10.7 Å². The van der Waals surface area contributed by atoms with E-state index in [-0.39, 0.29) is 0 Å². The summed E-state index contributed by atoms with van der Waals surface area (Å²) >= 11 is 1.96. The van der Waals surface area contributed by atoms with Crippen molar-refractivity contribution in [2.24, 2.45) is 0 Å². The highest BCUT2D eigenvalue weighted by molar-refractivity contribution is 7.11. The minimum absolute atomic E-state index is 0.543. The van der Waals surface area contributed by atoms with E-state index < -0.39 is 0 Å². The second-order valence-electron chi connectivity index (χ2n) is 6.09. The fourth-order valence-corrected chi connectivity index (χ4v) is 4.40. The highest BCUT2D eigenvalue weighted by Gasteiger charge is 2.20. The Hall–Kier alpha value is -0.410. The molecule has 19 heavy (non-hydrogen) atoms. The Balaban J connectivity index is 2.15. The first kappa shape index (κ1) is 15.0. The zero-order chi connectivity index (χ0) is 13.7. The van der Waals surface area contributed by atoms with Crippen LogP contribution in [0.15, 0.2) is 0 Å². The van der Waals surface area contributed by atoms with Gasteiger partial charge in [0.15, 0.2) is 0 Å². The predicted molar refractivity (Wildman–Crippen MR) is 84.0 cm³/mol. The third kappa shape index (κ3) is 4.03. The molecule has 0 saturated heterocycles. The molecular formula is C16H28N2S. The molecule has 0 aromatic carbocycles. The molecule has 1 N–H and O–H groups in total. The van der Waals surface area contributed by atoms with Crippen molar-refractivity contribution in [1.29, 1.82) is 0 Å². The van der Waals surface area contributed by atoms with E-state index in [0.29, 0.717) is 5.92 Å². The standard InChI is InChI=1S/C16H28N2S/c1-12(2)15-14(11-17-3)19-16(18-15)13-9-7-5-4-6-8-10-13/h12-13,17H,4-11H2,1-3H3. The first-order valence-corrected chi connectivity index (χ1v) is 8.68. The van der Waals surface area contributed by atoms with Crippen molar-refractivity contribution in [1.82, 2.24) is 10.3 Å². The van der Waals surface area contributed by atoms with Crippen molar-refractivity contribution >= 4 is 11.3 Å². The summed E-state index contributed by atoms with van der Waals surface area (Å²) < 4.78 is 0. The molecule has 1 fully saturated rings. The van der Waals surface area contributed by atoms with Gasteiger partial charge in [-0.1, -0.05) is 46.0 Å². The molecule has 0 aliphatic heterocycles. The van der Waals surface area contributed by atoms with Crippen molar-refractivity contribution in [2.75, 3.05) is 7.05 Å². The molecule has 0 amide bonds. The van der Waals surface area contributed by atoms with Crippen LogP contribution in [0.3, 0.4) is 0 Å². The Labute approximate surface area is 122 Å². The minimum atomic E-state index is 0.543. The Morgan fingerprint density at radius 2 is 1.79 bits per heavy atom. The van der Waals surface area contributed by atoms with Crippen LogP contribution in [0, 0.1) is 0 Å². The zero-order valence-corrected chi connectivity index (χ0v) is 13.5. The molecule has 0 bridgehead atoms. The lowest BCUT2D eigenvalue weighted by Gasteiger charge is -2.17. The van der Waals surface area contributed by atoms with Crippen LogP contribution in [0.1, 0.15) is 86.2 Å². The van der Waals surface area contributed by atoms with Crippen LogP contribution in [0.5, 0.6) is 0 Å². The average Bonchev–Trinajstić information content (AvgIpc) is 2.73.